The molecule has 0 aliphatic carbocycles. The Hall–Kier alpha value is -3.41. The average Bonchev–Trinajstić information content (AvgIpc) is 3.28. The van der Waals surface area contributed by atoms with Crippen LogP contribution in [0.4, 0.5) is 4.79 Å². The minimum atomic E-state index is -0.592. The first-order chi connectivity index (χ1) is 14.5. The van der Waals surface area contributed by atoms with Crippen LogP contribution in [0.15, 0.2) is 65.2 Å². The van der Waals surface area contributed by atoms with Gasteiger partial charge in [-0.2, -0.15) is 0 Å². The molecule has 6 heteroatoms. The highest BCUT2D eigenvalue weighted by Gasteiger charge is 2.42. The number of cyclic esters (lactones) is 1. The van der Waals surface area contributed by atoms with Gasteiger partial charge >= 0.3 is 6.09 Å². The van der Waals surface area contributed by atoms with Gasteiger partial charge in [0.25, 0.3) is 0 Å². The zero-order valence-electron chi connectivity index (χ0n) is 17.1. The van der Waals surface area contributed by atoms with E-state index in [9.17, 15) is 9.59 Å². The van der Waals surface area contributed by atoms with E-state index in [-0.39, 0.29) is 18.6 Å². The number of hydrogen-bond donors (Lipinski definition) is 0. The zero-order chi connectivity index (χ0) is 21.1. The fourth-order valence-corrected chi connectivity index (χ4v) is 4.09. The Labute approximate surface area is 175 Å². The monoisotopic (exact) mass is 404 g/mol. The number of aryl methyl sites for hydroxylation is 2. The van der Waals surface area contributed by atoms with Gasteiger partial charge in [0.05, 0.1) is 17.7 Å². The van der Waals surface area contributed by atoms with E-state index in [4.69, 9.17) is 9.26 Å². The molecule has 1 aliphatic heterocycles. The smallest absolute Gasteiger partial charge is 0.417 e. The number of carbonyl (C=O) groups excluding carboxylic acids is 2. The molecule has 2 amide bonds. The van der Waals surface area contributed by atoms with Crippen LogP contribution >= 0.6 is 0 Å². The molecule has 1 aliphatic rings. The Kier molecular flexibility index (Phi) is 5.65. The topological polar surface area (TPSA) is 72.6 Å². The number of aromatic nitrogens is 1. The molecule has 0 unspecified atom stereocenters. The lowest BCUT2D eigenvalue weighted by atomic mass is 9.89. The maximum Gasteiger partial charge on any atom is 0.417 e. The Morgan fingerprint density at radius 1 is 1.07 bits per heavy atom. The lowest BCUT2D eigenvalue weighted by Crippen LogP contribution is -2.43. The van der Waals surface area contributed by atoms with Gasteiger partial charge in [0, 0.05) is 5.56 Å². The second-order valence-electron chi connectivity index (χ2n) is 7.61. The van der Waals surface area contributed by atoms with Crippen LogP contribution in [0.25, 0.3) is 0 Å². The van der Waals surface area contributed by atoms with Gasteiger partial charge in [-0.05, 0) is 37.8 Å². The standard InChI is InChI=1S/C24H24N2O4/c1-16-22(17(2)30-25-16)21(14-19-11-7-4-8-12-19)23(27)26-20(15-29-24(26)28)13-18-9-5-3-6-10-18/h3-12,20-21H,13-15H2,1-2H3/t20-,21-/m1/s1. The maximum atomic E-state index is 13.7. The highest BCUT2D eigenvalue weighted by atomic mass is 16.6. The normalized spacial score (nSPS) is 17.1. The number of benzene rings is 2. The summed E-state index contributed by atoms with van der Waals surface area (Å²) < 4.78 is 10.6. The molecule has 154 valence electrons. The molecule has 0 radical (unpaired) electrons. The van der Waals surface area contributed by atoms with Crippen LogP contribution in [-0.2, 0) is 22.4 Å². The molecule has 1 saturated heterocycles. The number of nitrogens with zero attached hydrogens (tertiary/aromatic N) is 2. The van der Waals surface area contributed by atoms with E-state index < -0.39 is 12.0 Å². The van der Waals surface area contributed by atoms with Gasteiger partial charge in [0.2, 0.25) is 5.91 Å². The Morgan fingerprint density at radius 2 is 1.70 bits per heavy atom. The predicted molar refractivity (Wildman–Crippen MR) is 111 cm³/mol. The first-order valence-corrected chi connectivity index (χ1v) is 10.0. The fourth-order valence-electron chi connectivity index (χ4n) is 4.09. The summed E-state index contributed by atoms with van der Waals surface area (Å²) in [7, 11) is 0. The predicted octanol–water partition coefficient (Wildman–Crippen LogP) is 4.21. The molecule has 2 atom stereocenters. The first-order valence-electron chi connectivity index (χ1n) is 10.0. The second kappa shape index (κ2) is 8.53. The van der Waals surface area contributed by atoms with Crippen LogP contribution in [0.5, 0.6) is 0 Å². The van der Waals surface area contributed by atoms with Gasteiger partial charge in [-0.1, -0.05) is 65.8 Å². The molecule has 0 N–H and O–H groups in total. The minimum absolute atomic E-state index is 0.194. The zero-order valence-corrected chi connectivity index (χ0v) is 17.1. The lowest BCUT2D eigenvalue weighted by Gasteiger charge is -2.25. The van der Waals surface area contributed by atoms with Gasteiger partial charge in [-0.15, -0.1) is 0 Å². The summed E-state index contributed by atoms with van der Waals surface area (Å²) in [5.41, 5.74) is 3.45. The number of hydrogen-bond acceptors (Lipinski definition) is 5. The summed E-state index contributed by atoms with van der Waals surface area (Å²) in [5.74, 6) is -0.270. The highest BCUT2D eigenvalue weighted by Crippen LogP contribution is 2.31. The van der Waals surface area contributed by atoms with Gasteiger partial charge in [0.1, 0.15) is 12.4 Å². The van der Waals surface area contributed by atoms with Crippen LogP contribution in [0.1, 0.15) is 34.1 Å². The van der Waals surface area contributed by atoms with E-state index in [0.717, 1.165) is 16.7 Å². The van der Waals surface area contributed by atoms with Gasteiger partial charge in [0.15, 0.2) is 0 Å². The van der Waals surface area contributed by atoms with Gasteiger partial charge in [-0.25, -0.2) is 9.69 Å². The van der Waals surface area contributed by atoms with Crippen molar-refractivity contribution in [3.8, 4) is 0 Å². The Bertz CT molecular complexity index is 1010. The summed E-state index contributed by atoms with van der Waals surface area (Å²) in [4.78, 5) is 27.6. The first kappa shape index (κ1) is 19.9. The van der Waals surface area contributed by atoms with Crippen LogP contribution in [0.2, 0.25) is 0 Å². The summed E-state index contributed by atoms with van der Waals surface area (Å²) in [6.45, 7) is 3.81. The van der Waals surface area contributed by atoms with E-state index in [1.807, 2.05) is 67.6 Å². The van der Waals surface area contributed by atoms with Gasteiger partial charge < -0.3 is 9.26 Å². The molecule has 2 heterocycles. The Balaban J connectivity index is 1.66. The van der Waals surface area contributed by atoms with E-state index in [1.54, 1.807) is 6.92 Å². The third-order valence-corrected chi connectivity index (χ3v) is 5.53. The molecule has 4 rings (SSSR count). The van der Waals surface area contributed by atoms with Crippen molar-refractivity contribution >= 4 is 12.0 Å². The van der Waals surface area contributed by atoms with Crippen molar-refractivity contribution in [2.45, 2.75) is 38.6 Å². The number of carbonyl (C=O) groups is 2. The van der Waals surface area contributed by atoms with Crippen molar-refractivity contribution in [3.05, 3.63) is 88.8 Å². The molecule has 6 nitrogen and oxygen atoms in total. The van der Waals surface area contributed by atoms with Crippen LogP contribution < -0.4 is 0 Å². The second-order valence-corrected chi connectivity index (χ2v) is 7.61. The van der Waals surface area contributed by atoms with Crippen LogP contribution in [-0.4, -0.2) is 34.7 Å². The maximum absolute atomic E-state index is 13.7. The number of amides is 2. The molecular formula is C24H24N2O4. The molecule has 3 aromatic rings. The minimum Gasteiger partial charge on any atom is -0.447 e. The fraction of sp³-hybridized carbons (Fsp3) is 0.292. The van der Waals surface area contributed by atoms with Crippen molar-refractivity contribution in [1.82, 2.24) is 10.1 Å². The lowest BCUT2D eigenvalue weighted by molar-refractivity contribution is -0.130. The summed E-state index contributed by atoms with van der Waals surface area (Å²) in [5, 5.41) is 4.03. The quantitative estimate of drug-likeness (QED) is 0.615. The van der Waals surface area contributed by atoms with Crippen molar-refractivity contribution < 1.29 is 18.8 Å². The van der Waals surface area contributed by atoms with Crippen LogP contribution in [0.3, 0.4) is 0 Å². The summed E-state index contributed by atoms with van der Waals surface area (Å²) in [6, 6.07) is 19.2. The van der Waals surface area contributed by atoms with E-state index in [1.165, 1.54) is 4.90 Å². The molecule has 0 saturated carbocycles. The van der Waals surface area contributed by atoms with Crippen molar-refractivity contribution in [2.24, 2.45) is 0 Å². The molecule has 0 bridgehead atoms. The molecule has 2 aromatic carbocycles. The third kappa shape index (κ3) is 3.99. The summed E-state index contributed by atoms with van der Waals surface area (Å²) >= 11 is 0. The van der Waals surface area contributed by atoms with Crippen molar-refractivity contribution in [3.63, 3.8) is 0 Å². The summed E-state index contributed by atoms with van der Waals surface area (Å²) in [6.07, 6.45) is 0.410. The number of ether oxygens (including phenoxy) is 1. The third-order valence-electron chi connectivity index (χ3n) is 5.53. The SMILES string of the molecule is Cc1noc(C)c1[C@@H](Cc1ccccc1)C(=O)N1C(=O)OC[C@H]1Cc1ccccc1. The van der Waals surface area contributed by atoms with Crippen molar-refractivity contribution in [2.75, 3.05) is 6.61 Å². The highest BCUT2D eigenvalue weighted by molar-refractivity contribution is 5.97. The van der Waals surface area contributed by atoms with Crippen LogP contribution in [0, 0.1) is 13.8 Å². The molecule has 0 spiro atoms. The number of imide groups is 1. The van der Waals surface area contributed by atoms with E-state index in [0.29, 0.717) is 24.3 Å². The average molecular weight is 404 g/mol. The largest absolute Gasteiger partial charge is 0.447 e. The Morgan fingerprint density at radius 3 is 2.30 bits per heavy atom. The molecule has 1 aromatic heterocycles. The number of rotatable bonds is 6. The van der Waals surface area contributed by atoms with E-state index in [2.05, 4.69) is 5.16 Å². The molecule has 30 heavy (non-hydrogen) atoms. The van der Waals surface area contributed by atoms with Gasteiger partial charge in [-0.3, -0.25) is 4.79 Å². The van der Waals surface area contributed by atoms with Crippen molar-refractivity contribution in [1.29, 1.82) is 0 Å². The molecule has 1 fully saturated rings. The van der Waals surface area contributed by atoms with E-state index >= 15 is 0 Å². The molecular weight excluding hydrogens is 380 g/mol.